The average Bonchev–Trinajstić information content (AvgIpc) is 2.43. The minimum absolute atomic E-state index is 0.264. The third kappa shape index (κ3) is 2.76. The summed E-state index contributed by atoms with van der Waals surface area (Å²) in [5, 5.41) is 4.53. The van der Waals surface area contributed by atoms with Gasteiger partial charge < -0.3 is 4.74 Å². The number of hydrogen-bond donors (Lipinski definition) is 0. The summed E-state index contributed by atoms with van der Waals surface area (Å²) >= 11 is 9.33. The maximum absolute atomic E-state index is 11.9. The Balaban J connectivity index is 2.70. The Morgan fingerprint density at radius 1 is 1.45 bits per heavy atom. The van der Waals surface area contributed by atoms with E-state index in [0.717, 1.165) is 4.47 Å². The predicted octanol–water partition coefficient (Wildman–Crippen LogP) is 2.74. The van der Waals surface area contributed by atoms with Gasteiger partial charge in [-0.25, -0.2) is 9.48 Å². The van der Waals surface area contributed by atoms with Crippen LogP contribution in [0.5, 0.6) is 0 Å². The Labute approximate surface area is 128 Å². The molecule has 5 nitrogen and oxygen atoms in total. The fraction of sp³-hybridized carbons (Fsp3) is 0.154. The molecule has 2 aromatic rings. The normalized spacial score (nSPS) is 10.4. The van der Waals surface area contributed by atoms with Crippen molar-refractivity contribution in [2.75, 3.05) is 7.11 Å². The lowest BCUT2D eigenvalue weighted by atomic mass is 10.2. The van der Waals surface area contributed by atoms with Crippen molar-refractivity contribution in [3.05, 3.63) is 55.4 Å². The first-order valence-electron chi connectivity index (χ1n) is 5.58. The first-order chi connectivity index (χ1) is 9.43. The molecule has 1 heterocycles. The van der Waals surface area contributed by atoms with Gasteiger partial charge in [0.15, 0.2) is 0 Å². The molecule has 0 spiro atoms. The highest BCUT2D eigenvalue weighted by Gasteiger charge is 2.17. The van der Waals surface area contributed by atoms with Gasteiger partial charge in [0.1, 0.15) is 0 Å². The third-order valence-corrected chi connectivity index (χ3v) is 3.54. The summed E-state index contributed by atoms with van der Waals surface area (Å²) in [6, 6.07) is 5.14. The van der Waals surface area contributed by atoms with E-state index >= 15 is 0 Å². The van der Waals surface area contributed by atoms with Gasteiger partial charge in [-0.15, -0.1) is 0 Å². The summed E-state index contributed by atoms with van der Waals surface area (Å²) < 4.78 is 6.71. The van der Waals surface area contributed by atoms with Crippen molar-refractivity contribution in [3.8, 4) is 5.69 Å². The number of nitrogens with zero attached hydrogens (tertiary/aromatic N) is 2. The zero-order chi connectivity index (χ0) is 14.9. The lowest BCUT2D eigenvalue weighted by molar-refractivity contribution is 0.0590. The quantitative estimate of drug-likeness (QED) is 0.775. The molecule has 0 N–H and O–H groups in total. The number of hydrogen-bond acceptors (Lipinski definition) is 4. The number of aryl methyl sites for hydroxylation is 1. The van der Waals surface area contributed by atoms with Crippen LogP contribution in [0, 0.1) is 6.92 Å². The number of methoxy groups -OCH3 is 1. The fourth-order valence-corrected chi connectivity index (χ4v) is 2.22. The van der Waals surface area contributed by atoms with Crippen LogP contribution in [0.15, 0.2) is 33.7 Å². The van der Waals surface area contributed by atoms with Crippen LogP contribution in [0.25, 0.3) is 5.69 Å². The van der Waals surface area contributed by atoms with Gasteiger partial charge in [-0.05, 0) is 41.1 Å². The molecule has 0 aliphatic rings. The van der Waals surface area contributed by atoms with Crippen LogP contribution in [-0.2, 0) is 4.74 Å². The van der Waals surface area contributed by atoms with Crippen molar-refractivity contribution in [2.45, 2.75) is 6.92 Å². The molecule has 0 saturated heterocycles. The topological polar surface area (TPSA) is 61.2 Å². The summed E-state index contributed by atoms with van der Waals surface area (Å²) in [6.07, 6.45) is 1.53. The van der Waals surface area contributed by atoms with Crippen molar-refractivity contribution < 1.29 is 9.53 Å². The van der Waals surface area contributed by atoms with Crippen LogP contribution in [-0.4, -0.2) is 22.9 Å². The molecular formula is C13H10BrClN2O3. The van der Waals surface area contributed by atoms with Crippen LogP contribution in [0.4, 0.5) is 0 Å². The number of carbonyl (C=O) groups excluding carboxylic acids is 1. The Kier molecular flexibility index (Phi) is 4.25. The lowest BCUT2D eigenvalue weighted by Gasteiger charge is -2.10. The molecule has 20 heavy (non-hydrogen) atoms. The van der Waals surface area contributed by atoms with Gasteiger partial charge in [-0.3, -0.25) is 4.79 Å². The molecule has 0 fully saturated rings. The summed E-state index contributed by atoms with van der Waals surface area (Å²) in [6.45, 7) is 1.60. The number of esters is 1. The Bertz CT molecular complexity index is 743. The van der Waals surface area contributed by atoms with E-state index in [9.17, 15) is 9.59 Å². The van der Waals surface area contributed by atoms with Crippen molar-refractivity contribution in [1.82, 2.24) is 9.78 Å². The number of halogens is 2. The summed E-state index contributed by atoms with van der Waals surface area (Å²) in [4.78, 5) is 23.5. The van der Waals surface area contributed by atoms with E-state index in [4.69, 9.17) is 11.6 Å². The summed E-state index contributed by atoms with van der Waals surface area (Å²) in [5.74, 6) is -0.773. The second-order valence-electron chi connectivity index (χ2n) is 4.02. The molecule has 0 radical (unpaired) electrons. The van der Waals surface area contributed by atoms with Crippen LogP contribution in [0.1, 0.15) is 16.1 Å². The van der Waals surface area contributed by atoms with Crippen LogP contribution in [0.2, 0.25) is 5.02 Å². The van der Waals surface area contributed by atoms with Crippen molar-refractivity contribution in [2.24, 2.45) is 0 Å². The molecule has 0 saturated carbocycles. The molecule has 1 aromatic carbocycles. The maximum Gasteiger partial charge on any atom is 0.362 e. The molecule has 7 heteroatoms. The highest BCUT2D eigenvalue weighted by Crippen LogP contribution is 2.24. The molecule has 0 aliphatic carbocycles. The highest BCUT2D eigenvalue weighted by atomic mass is 79.9. The molecule has 104 valence electrons. The second kappa shape index (κ2) is 5.76. The molecular weight excluding hydrogens is 348 g/mol. The van der Waals surface area contributed by atoms with Gasteiger partial charge in [0.05, 0.1) is 12.8 Å². The van der Waals surface area contributed by atoms with Crippen LogP contribution >= 0.6 is 27.5 Å². The minimum Gasteiger partial charge on any atom is -0.464 e. The first-order valence-corrected chi connectivity index (χ1v) is 6.75. The number of carbonyl (C=O) groups is 1. The molecule has 0 amide bonds. The van der Waals surface area contributed by atoms with Crippen molar-refractivity contribution in [1.29, 1.82) is 0 Å². The zero-order valence-electron chi connectivity index (χ0n) is 10.7. The third-order valence-electron chi connectivity index (χ3n) is 2.63. The molecule has 1 aromatic heterocycles. The van der Waals surface area contributed by atoms with Crippen molar-refractivity contribution in [3.63, 3.8) is 0 Å². The Hall–Kier alpha value is -1.66. The van der Waals surface area contributed by atoms with Gasteiger partial charge in [0.25, 0.3) is 0 Å². The van der Waals surface area contributed by atoms with E-state index in [-0.39, 0.29) is 5.69 Å². The summed E-state index contributed by atoms with van der Waals surface area (Å²) in [7, 11) is 1.20. The van der Waals surface area contributed by atoms with Gasteiger partial charge >= 0.3 is 5.97 Å². The zero-order valence-corrected chi connectivity index (χ0v) is 13.0. The largest absolute Gasteiger partial charge is 0.464 e. The molecule has 0 atom stereocenters. The summed E-state index contributed by atoms with van der Waals surface area (Å²) in [5.41, 5.74) is 0.281. The van der Waals surface area contributed by atoms with E-state index in [1.165, 1.54) is 18.0 Å². The van der Waals surface area contributed by atoms with E-state index in [2.05, 4.69) is 25.8 Å². The monoisotopic (exact) mass is 356 g/mol. The van der Waals surface area contributed by atoms with Gasteiger partial charge in [0.2, 0.25) is 11.1 Å². The maximum atomic E-state index is 11.9. The van der Waals surface area contributed by atoms with E-state index < -0.39 is 11.4 Å². The number of rotatable bonds is 2. The van der Waals surface area contributed by atoms with Gasteiger partial charge in [0, 0.05) is 21.3 Å². The standard InChI is InChI=1S/C13H10BrClN2O3/c1-7-6-17(10-5-8(15)3-4-9(10)14)16-11(12(7)18)13(19)20-2/h3-6H,1-2H3. The van der Waals surface area contributed by atoms with E-state index in [1.807, 2.05) is 0 Å². The smallest absolute Gasteiger partial charge is 0.362 e. The minimum atomic E-state index is -0.773. The Morgan fingerprint density at radius 2 is 2.15 bits per heavy atom. The van der Waals surface area contributed by atoms with E-state index in [0.29, 0.717) is 16.3 Å². The number of benzene rings is 1. The van der Waals surface area contributed by atoms with Gasteiger partial charge in [-0.2, -0.15) is 5.10 Å². The van der Waals surface area contributed by atoms with Crippen LogP contribution in [0.3, 0.4) is 0 Å². The molecule has 0 unspecified atom stereocenters. The first kappa shape index (κ1) is 14.7. The van der Waals surface area contributed by atoms with Gasteiger partial charge in [-0.1, -0.05) is 11.6 Å². The molecule has 2 rings (SSSR count). The SMILES string of the molecule is COC(=O)c1nn(-c2cc(Cl)ccc2Br)cc(C)c1=O. The number of aromatic nitrogens is 2. The highest BCUT2D eigenvalue weighted by molar-refractivity contribution is 9.10. The molecule has 0 aliphatic heterocycles. The van der Waals surface area contributed by atoms with E-state index in [1.54, 1.807) is 25.1 Å². The lowest BCUT2D eigenvalue weighted by Crippen LogP contribution is -2.24. The predicted molar refractivity (Wildman–Crippen MR) is 78.6 cm³/mol. The van der Waals surface area contributed by atoms with Crippen molar-refractivity contribution >= 4 is 33.5 Å². The second-order valence-corrected chi connectivity index (χ2v) is 5.31. The Morgan fingerprint density at radius 3 is 2.80 bits per heavy atom. The fourth-order valence-electron chi connectivity index (χ4n) is 1.63. The average molecular weight is 358 g/mol. The van der Waals surface area contributed by atoms with Crippen LogP contribution < -0.4 is 5.43 Å². The molecule has 0 bridgehead atoms. The number of ether oxygens (including phenoxy) is 1.